The first-order valence-corrected chi connectivity index (χ1v) is 6.61. The standard InChI is InChI=1S/C13H12BrClN2O2/c1-18-9-3-4-11(12(6-9)19-2)17-13-10(15)5-8(14)7-16-13/h3-7H,1-2H3,(H,16,17). The van der Waals surface area contributed by atoms with Crippen LogP contribution >= 0.6 is 27.5 Å². The summed E-state index contributed by atoms with van der Waals surface area (Å²) in [6.45, 7) is 0. The molecule has 0 bridgehead atoms. The van der Waals surface area contributed by atoms with Gasteiger partial charge in [0.25, 0.3) is 0 Å². The Labute approximate surface area is 124 Å². The Morgan fingerprint density at radius 1 is 1.21 bits per heavy atom. The molecule has 0 saturated carbocycles. The molecule has 0 aliphatic carbocycles. The Balaban J connectivity index is 2.32. The van der Waals surface area contributed by atoms with Gasteiger partial charge in [-0.15, -0.1) is 0 Å². The number of pyridine rings is 1. The van der Waals surface area contributed by atoms with E-state index in [4.69, 9.17) is 21.1 Å². The summed E-state index contributed by atoms with van der Waals surface area (Å²) in [4.78, 5) is 4.21. The van der Waals surface area contributed by atoms with Crippen LogP contribution in [-0.2, 0) is 0 Å². The minimum absolute atomic E-state index is 0.521. The Hall–Kier alpha value is -1.46. The van der Waals surface area contributed by atoms with Crippen molar-refractivity contribution in [2.75, 3.05) is 19.5 Å². The van der Waals surface area contributed by atoms with E-state index >= 15 is 0 Å². The first-order chi connectivity index (χ1) is 9.13. The van der Waals surface area contributed by atoms with Gasteiger partial charge in [0.1, 0.15) is 17.3 Å². The molecule has 2 aromatic rings. The SMILES string of the molecule is COc1ccc(Nc2ncc(Br)cc2Cl)c(OC)c1. The lowest BCUT2D eigenvalue weighted by atomic mass is 10.2. The Morgan fingerprint density at radius 3 is 2.63 bits per heavy atom. The highest BCUT2D eigenvalue weighted by molar-refractivity contribution is 9.10. The second-order valence-corrected chi connectivity index (χ2v) is 5.00. The van der Waals surface area contributed by atoms with Gasteiger partial charge < -0.3 is 14.8 Å². The molecule has 0 saturated heterocycles. The molecule has 0 unspecified atom stereocenters. The molecule has 1 aromatic heterocycles. The van der Waals surface area contributed by atoms with Crippen molar-refractivity contribution in [3.63, 3.8) is 0 Å². The topological polar surface area (TPSA) is 43.4 Å². The molecule has 1 aromatic carbocycles. The average molecular weight is 344 g/mol. The minimum Gasteiger partial charge on any atom is -0.497 e. The van der Waals surface area contributed by atoms with Gasteiger partial charge in [-0.3, -0.25) is 0 Å². The van der Waals surface area contributed by atoms with Crippen molar-refractivity contribution in [3.05, 3.63) is 40.0 Å². The summed E-state index contributed by atoms with van der Waals surface area (Å²) in [5.74, 6) is 1.94. The Bertz CT molecular complexity index is 593. The van der Waals surface area contributed by atoms with Gasteiger partial charge in [0.15, 0.2) is 0 Å². The van der Waals surface area contributed by atoms with E-state index in [0.29, 0.717) is 16.6 Å². The number of benzene rings is 1. The number of hydrogen-bond donors (Lipinski definition) is 1. The zero-order valence-electron chi connectivity index (χ0n) is 10.4. The quantitative estimate of drug-likeness (QED) is 0.901. The molecule has 0 aliphatic heterocycles. The normalized spacial score (nSPS) is 10.1. The second-order valence-electron chi connectivity index (χ2n) is 3.68. The highest BCUT2D eigenvalue weighted by Gasteiger charge is 2.08. The first-order valence-electron chi connectivity index (χ1n) is 5.44. The third-order valence-electron chi connectivity index (χ3n) is 2.47. The monoisotopic (exact) mass is 342 g/mol. The van der Waals surface area contributed by atoms with Crippen LogP contribution in [0.4, 0.5) is 11.5 Å². The number of rotatable bonds is 4. The minimum atomic E-state index is 0.521. The van der Waals surface area contributed by atoms with E-state index < -0.39 is 0 Å². The molecule has 1 N–H and O–H groups in total. The lowest BCUT2D eigenvalue weighted by Gasteiger charge is -2.12. The maximum Gasteiger partial charge on any atom is 0.149 e. The third kappa shape index (κ3) is 3.30. The highest BCUT2D eigenvalue weighted by Crippen LogP contribution is 2.33. The van der Waals surface area contributed by atoms with Crippen LogP contribution in [0, 0.1) is 0 Å². The predicted molar refractivity (Wildman–Crippen MR) is 79.8 cm³/mol. The number of ether oxygens (including phenoxy) is 2. The van der Waals surface area contributed by atoms with Gasteiger partial charge in [0, 0.05) is 16.7 Å². The molecule has 0 radical (unpaired) electrons. The summed E-state index contributed by atoms with van der Waals surface area (Å²) in [5.41, 5.74) is 0.764. The number of aromatic nitrogens is 1. The Kier molecular flexibility index (Phi) is 4.50. The van der Waals surface area contributed by atoms with Gasteiger partial charge in [0.05, 0.1) is 24.9 Å². The molecule has 19 heavy (non-hydrogen) atoms. The molecule has 0 fully saturated rings. The zero-order chi connectivity index (χ0) is 13.8. The highest BCUT2D eigenvalue weighted by atomic mass is 79.9. The summed E-state index contributed by atoms with van der Waals surface area (Å²) in [5, 5.41) is 3.65. The van der Waals surface area contributed by atoms with Crippen molar-refractivity contribution >= 4 is 39.0 Å². The molecule has 1 heterocycles. The van der Waals surface area contributed by atoms with E-state index in [2.05, 4.69) is 26.2 Å². The van der Waals surface area contributed by atoms with Gasteiger partial charge in [-0.05, 0) is 34.1 Å². The van der Waals surface area contributed by atoms with Crippen LogP contribution in [-0.4, -0.2) is 19.2 Å². The molecule has 0 atom stereocenters. The first kappa shape index (κ1) is 14.0. The van der Waals surface area contributed by atoms with Gasteiger partial charge >= 0.3 is 0 Å². The number of nitrogens with one attached hydrogen (secondary N) is 1. The second kappa shape index (κ2) is 6.12. The molecule has 0 amide bonds. The fourth-order valence-electron chi connectivity index (χ4n) is 1.54. The summed E-state index contributed by atoms with van der Waals surface area (Å²) in [6.07, 6.45) is 1.67. The molecule has 100 valence electrons. The van der Waals surface area contributed by atoms with Gasteiger partial charge in [-0.25, -0.2) is 4.98 Å². The lowest BCUT2D eigenvalue weighted by Crippen LogP contribution is -1.98. The number of halogens is 2. The van der Waals surface area contributed by atoms with Crippen LogP contribution in [0.25, 0.3) is 0 Å². The van der Waals surface area contributed by atoms with E-state index in [-0.39, 0.29) is 0 Å². The predicted octanol–water partition coefficient (Wildman–Crippen LogP) is 4.26. The van der Waals surface area contributed by atoms with Crippen molar-refractivity contribution in [1.82, 2.24) is 4.98 Å². The molecule has 2 rings (SSSR count). The van der Waals surface area contributed by atoms with Gasteiger partial charge in [0.2, 0.25) is 0 Å². The van der Waals surface area contributed by atoms with Gasteiger partial charge in [-0.2, -0.15) is 0 Å². The van der Waals surface area contributed by atoms with Crippen LogP contribution in [0.2, 0.25) is 5.02 Å². The van der Waals surface area contributed by atoms with E-state index in [1.807, 2.05) is 12.1 Å². The molecular weight excluding hydrogens is 332 g/mol. The molecule has 0 spiro atoms. The molecule has 6 heteroatoms. The van der Waals surface area contributed by atoms with Crippen molar-refractivity contribution < 1.29 is 9.47 Å². The maximum atomic E-state index is 6.11. The van der Waals surface area contributed by atoms with Crippen molar-refractivity contribution in [2.24, 2.45) is 0 Å². The number of hydrogen-bond acceptors (Lipinski definition) is 4. The van der Waals surface area contributed by atoms with Crippen LogP contribution in [0.5, 0.6) is 11.5 Å². The largest absolute Gasteiger partial charge is 0.497 e. The number of nitrogens with zero attached hydrogens (tertiary/aromatic N) is 1. The van der Waals surface area contributed by atoms with Crippen molar-refractivity contribution in [2.45, 2.75) is 0 Å². The van der Waals surface area contributed by atoms with E-state index in [1.165, 1.54) is 0 Å². The van der Waals surface area contributed by atoms with Crippen molar-refractivity contribution in [1.29, 1.82) is 0 Å². The fraction of sp³-hybridized carbons (Fsp3) is 0.154. The average Bonchev–Trinajstić information content (AvgIpc) is 2.42. The zero-order valence-corrected chi connectivity index (χ0v) is 12.7. The molecule has 0 aliphatic rings. The fourth-order valence-corrected chi connectivity index (χ4v) is 2.21. The van der Waals surface area contributed by atoms with Crippen LogP contribution in [0.1, 0.15) is 0 Å². The van der Waals surface area contributed by atoms with E-state index in [0.717, 1.165) is 15.9 Å². The summed E-state index contributed by atoms with van der Waals surface area (Å²) in [6, 6.07) is 7.23. The van der Waals surface area contributed by atoms with Crippen LogP contribution < -0.4 is 14.8 Å². The maximum absolute atomic E-state index is 6.11. The number of methoxy groups -OCH3 is 2. The molecule has 4 nitrogen and oxygen atoms in total. The van der Waals surface area contributed by atoms with Gasteiger partial charge in [-0.1, -0.05) is 11.6 Å². The van der Waals surface area contributed by atoms with Crippen LogP contribution in [0.3, 0.4) is 0 Å². The smallest absolute Gasteiger partial charge is 0.149 e. The summed E-state index contributed by atoms with van der Waals surface area (Å²) >= 11 is 9.43. The van der Waals surface area contributed by atoms with E-state index in [1.54, 1.807) is 32.5 Å². The molecular formula is C13H12BrClN2O2. The third-order valence-corrected chi connectivity index (χ3v) is 3.19. The van der Waals surface area contributed by atoms with Crippen molar-refractivity contribution in [3.8, 4) is 11.5 Å². The van der Waals surface area contributed by atoms with E-state index in [9.17, 15) is 0 Å². The summed E-state index contributed by atoms with van der Waals surface area (Å²) < 4.78 is 11.3. The van der Waals surface area contributed by atoms with Crippen LogP contribution in [0.15, 0.2) is 34.9 Å². The lowest BCUT2D eigenvalue weighted by molar-refractivity contribution is 0.395. The summed E-state index contributed by atoms with van der Waals surface area (Å²) in [7, 11) is 3.20. The Morgan fingerprint density at radius 2 is 2.00 bits per heavy atom. The number of anilines is 2.